The molecule has 0 bridgehead atoms. The molecule has 1 aliphatic heterocycles. The average Bonchev–Trinajstić information content (AvgIpc) is 3.07. The lowest BCUT2D eigenvalue weighted by atomic mass is 9.99. The van der Waals surface area contributed by atoms with Gasteiger partial charge in [0, 0.05) is 15.5 Å². The lowest BCUT2D eigenvalue weighted by molar-refractivity contribution is -0.126. The van der Waals surface area contributed by atoms with E-state index < -0.39 is 27.8 Å². The second-order valence-electron chi connectivity index (χ2n) is 6.59. The van der Waals surface area contributed by atoms with Gasteiger partial charge in [0.25, 0.3) is 15.9 Å². The van der Waals surface area contributed by atoms with Gasteiger partial charge < -0.3 is 5.32 Å². The Balaban J connectivity index is 1.83. The molecule has 1 atom stereocenters. The molecular weight excluding hydrogens is 467 g/mol. The number of rotatable bonds is 3. The van der Waals surface area contributed by atoms with Crippen LogP contribution in [0.2, 0.25) is 10.0 Å². The number of para-hydroxylation sites is 1. The number of hydrogen-bond acceptors (Lipinski definition) is 5. The number of carbonyl (C=O) groups is 2. The first kappa shape index (κ1) is 20.9. The highest BCUT2D eigenvalue weighted by Crippen LogP contribution is 2.42. The largest absolute Gasteiger partial charge is 0.324 e. The van der Waals surface area contributed by atoms with Crippen molar-refractivity contribution in [2.45, 2.75) is 17.1 Å². The first-order chi connectivity index (χ1) is 14.2. The minimum Gasteiger partial charge on any atom is -0.324 e. The molecule has 1 unspecified atom stereocenters. The summed E-state index contributed by atoms with van der Waals surface area (Å²) in [6.07, 6.45) is 0. The second-order valence-corrected chi connectivity index (χ2v) is 10.7. The summed E-state index contributed by atoms with van der Waals surface area (Å²) in [6, 6.07) is 14.0. The van der Waals surface area contributed by atoms with Gasteiger partial charge in [0.1, 0.15) is 10.1 Å². The molecule has 0 saturated heterocycles. The van der Waals surface area contributed by atoms with Crippen LogP contribution in [0.1, 0.15) is 16.4 Å². The van der Waals surface area contributed by atoms with Gasteiger partial charge in [-0.25, -0.2) is 4.31 Å². The molecule has 0 fully saturated rings. The summed E-state index contributed by atoms with van der Waals surface area (Å²) in [5.41, 5.74) is 0.603. The van der Waals surface area contributed by atoms with E-state index in [0.717, 1.165) is 11.3 Å². The molecule has 10 heteroatoms. The number of carbonyl (C=O) groups excluding carboxylic acids is 2. The third-order valence-electron chi connectivity index (χ3n) is 4.54. The molecule has 30 heavy (non-hydrogen) atoms. The summed E-state index contributed by atoms with van der Waals surface area (Å²) in [5.74, 6) is -2.88. The Hall–Kier alpha value is -2.39. The molecule has 4 rings (SSSR count). The molecule has 1 N–H and O–H groups in total. The van der Waals surface area contributed by atoms with Crippen molar-refractivity contribution in [1.29, 1.82) is 0 Å². The van der Waals surface area contributed by atoms with E-state index in [1.54, 1.807) is 37.3 Å². The van der Waals surface area contributed by atoms with E-state index >= 15 is 0 Å². The van der Waals surface area contributed by atoms with Crippen molar-refractivity contribution in [2.75, 3.05) is 9.62 Å². The maximum absolute atomic E-state index is 13.3. The zero-order valence-corrected chi connectivity index (χ0v) is 18.6. The van der Waals surface area contributed by atoms with Gasteiger partial charge in [0.05, 0.1) is 16.4 Å². The minimum atomic E-state index is -4.17. The number of fused-ring (bicyclic) bond motifs is 1. The predicted molar refractivity (Wildman–Crippen MR) is 118 cm³/mol. The smallest absolute Gasteiger partial charge is 0.280 e. The number of aryl methyl sites for hydroxylation is 1. The first-order valence-electron chi connectivity index (χ1n) is 8.70. The zero-order chi connectivity index (χ0) is 21.6. The zero-order valence-electron chi connectivity index (χ0n) is 15.4. The van der Waals surface area contributed by atoms with Crippen LogP contribution in [-0.2, 0) is 19.6 Å². The number of anilines is 2. The lowest BCUT2D eigenvalue weighted by Crippen LogP contribution is -2.47. The molecule has 2 heterocycles. The average molecular weight is 481 g/mol. The third kappa shape index (κ3) is 3.50. The number of halogens is 2. The third-order valence-corrected chi connectivity index (χ3v) is 8.44. The van der Waals surface area contributed by atoms with Crippen LogP contribution >= 0.6 is 34.5 Å². The number of nitrogens with zero attached hydrogens (tertiary/aromatic N) is 1. The maximum Gasteiger partial charge on any atom is 0.280 e. The Morgan fingerprint density at radius 3 is 2.43 bits per heavy atom. The standard InChI is InChI=1S/C20H14Cl2N2O4S2/c1-11-10-14-17(18(25)23-16-5-3-2-4-15(16)22)19(26)24(30(27,28)20(14)29-11)13-8-6-12(21)7-9-13/h2-10,17H,1H3,(H,23,25). The highest BCUT2D eigenvalue weighted by molar-refractivity contribution is 7.95. The summed E-state index contributed by atoms with van der Waals surface area (Å²) in [6.45, 7) is 1.72. The fraction of sp³-hybridized carbons (Fsp3) is 0.100. The van der Waals surface area contributed by atoms with Gasteiger partial charge >= 0.3 is 0 Å². The monoisotopic (exact) mass is 480 g/mol. The molecule has 2 aromatic carbocycles. The molecular formula is C20H14Cl2N2O4S2. The Morgan fingerprint density at radius 2 is 1.77 bits per heavy atom. The van der Waals surface area contributed by atoms with Crippen molar-refractivity contribution >= 4 is 67.8 Å². The number of amides is 2. The van der Waals surface area contributed by atoms with Gasteiger partial charge in [-0.05, 0) is 49.4 Å². The molecule has 6 nitrogen and oxygen atoms in total. The van der Waals surface area contributed by atoms with E-state index in [2.05, 4.69) is 5.32 Å². The number of hydrogen-bond donors (Lipinski definition) is 1. The summed E-state index contributed by atoms with van der Waals surface area (Å²) in [7, 11) is -4.17. The summed E-state index contributed by atoms with van der Waals surface area (Å²) in [4.78, 5) is 27.1. The molecule has 0 aliphatic carbocycles. The van der Waals surface area contributed by atoms with Gasteiger partial charge in [-0.15, -0.1) is 11.3 Å². The maximum atomic E-state index is 13.3. The fourth-order valence-electron chi connectivity index (χ4n) is 3.23. The molecule has 1 aliphatic rings. The quantitative estimate of drug-likeness (QED) is 0.544. The van der Waals surface area contributed by atoms with E-state index in [1.807, 2.05) is 0 Å². The van der Waals surface area contributed by atoms with Crippen LogP contribution < -0.4 is 9.62 Å². The van der Waals surface area contributed by atoms with Gasteiger partial charge in [-0.3, -0.25) is 9.59 Å². The Morgan fingerprint density at radius 1 is 1.10 bits per heavy atom. The number of benzene rings is 2. The van der Waals surface area contributed by atoms with Crippen LogP contribution in [0.15, 0.2) is 58.8 Å². The SMILES string of the molecule is Cc1cc2c(s1)S(=O)(=O)N(c1ccc(Cl)cc1)C(=O)C2C(=O)Nc1ccccc1Cl. The van der Waals surface area contributed by atoms with Crippen LogP contribution in [0.4, 0.5) is 11.4 Å². The molecule has 3 aromatic rings. The Bertz CT molecular complexity index is 1270. The van der Waals surface area contributed by atoms with Gasteiger partial charge in [-0.1, -0.05) is 35.3 Å². The highest BCUT2D eigenvalue weighted by atomic mass is 35.5. The summed E-state index contributed by atoms with van der Waals surface area (Å²) in [5, 5.41) is 3.33. The second kappa shape index (κ2) is 7.70. The van der Waals surface area contributed by atoms with Crippen LogP contribution in [0.25, 0.3) is 0 Å². The van der Waals surface area contributed by atoms with Crippen LogP contribution in [0.3, 0.4) is 0 Å². The molecule has 2 amide bonds. The first-order valence-corrected chi connectivity index (χ1v) is 11.7. The van der Waals surface area contributed by atoms with E-state index in [0.29, 0.717) is 24.9 Å². The van der Waals surface area contributed by atoms with Gasteiger partial charge in [0.15, 0.2) is 0 Å². The van der Waals surface area contributed by atoms with Crippen molar-refractivity contribution in [2.24, 2.45) is 0 Å². The van der Waals surface area contributed by atoms with Crippen LogP contribution in [-0.4, -0.2) is 20.2 Å². The van der Waals surface area contributed by atoms with E-state index in [-0.39, 0.29) is 15.5 Å². The van der Waals surface area contributed by atoms with Crippen molar-refractivity contribution in [3.63, 3.8) is 0 Å². The molecule has 0 spiro atoms. The Kier molecular flexibility index (Phi) is 5.36. The fourth-order valence-corrected chi connectivity index (χ4v) is 6.73. The normalized spacial score (nSPS) is 17.5. The van der Waals surface area contributed by atoms with Crippen molar-refractivity contribution < 1.29 is 18.0 Å². The summed E-state index contributed by atoms with van der Waals surface area (Å²) >= 11 is 13.0. The van der Waals surface area contributed by atoms with Crippen molar-refractivity contribution in [3.8, 4) is 0 Å². The molecule has 1 aromatic heterocycles. The Labute approximate surface area is 187 Å². The van der Waals surface area contributed by atoms with E-state index in [4.69, 9.17) is 23.2 Å². The number of nitrogens with one attached hydrogen (secondary N) is 1. The number of thiophene rings is 1. The number of sulfonamides is 1. The predicted octanol–water partition coefficient (Wildman–Crippen LogP) is 4.82. The van der Waals surface area contributed by atoms with Gasteiger partial charge in [-0.2, -0.15) is 8.42 Å². The summed E-state index contributed by atoms with van der Waals surface area (Å²) < 4.78 is 27.1. The topological polar surface area (TPSA) is 83.6 Å². The van der Waals surface area contributed by atoms with Crippen molar-refractivity contribution in [3.05, 3.63) is 75.1 Å². The highest BCUT2D eigenvalue weighted by Gasteiger charge is 2.48. The molecule has 0 radical (unpaired) electrons. The molecule has 0 saturated carbocycles. The van der Waals surface area contributed by atoms with Crippen LogP contribution in [0, 0.1) is 6.92 Å². The van der Waals surface area contributed by atoms with E-state index in [1.165, 1.54) is 24.3 Å². The minimum absolute atomic E-state index is 0.0335. The van der Waals surface area contributed by atoms with Crippen molar-refractivity contribution in [1.82, 2.24) is 0 Å². The lowest BCUT2D eigenvalue weighted by Gasteiger charge is -2.31. The van der Waals surface area contributed by atoms with Gasteiger partial charge in [0.2, 0.25) is 5.91 Å². The van der Waals surface area contributed by atoms with E-state index in [9.17, 15) is 18.0 Å². The molecule has 154 valence electrons. The van der Waals surface area contributed by atoms with Crippen LogP contribution in [0.5, 0.6) is 0 Å².